The monoisotopic (exact) mass is 437 g/mol. The number of carbonyl (C=O) groups is 2. The van der Waals surface area contributed by atoms with Gasteiger partial charge in [0.1, 0.15) is 5.82 Å². The molecule has 0 atom stereocenters. The molecule has 1 N–H and O–H groups in total. The predicted octanol–water partition coefficient (Wildman–Crippen LogP) is 5.56. The smallest absolute Gasteiger partial charge is 0.322 e. The summed E-state index contributed by atoms with van der Waals surface area (Å²) >= 11 is 5.98. The van der Waals surface area contributed by atoms with Crippen LogP contribution in [0.5, 0.6) is 0 Å². The van der Waals surface area contributed by atoms with Gasteiger partial charge < -0.3 is 10.2 Å². The number of hydrogen-bond donors (Lipinski definition) is 1. The third kappa shape index (κ3) is 5.03. The molecule has 3 aromatic rings. The Morgan fingerprint density at radius 3 is 2.61 bits per heavy atom. The van der Waals surface area contributed by atoms with Gasteiger partial charge in [-0.2, -0.15) is 0 Å². The molecule has 1 aliphatic rings. The first-order valence-electron chi connectivity index (χ1n) is 9.97. The molecule has 0 saturated carbocycles. The Kier molecular flexibility index (Phi) is 6.18. The van der Waals surface area contributed by atoms with Crippen molar-refractivity contribution in [2.75, 3.05) is 23.3 Å². The minimum atomic E-state index is -0.322. The molecule has 0 spiro atoms. The molecule has 158 valence electrons. The van der Waals surface area contributed by atoms with Gasteiger partial charge in [-0.25, -0.2) is 9.18 Å². The fourth-order valence-corrected chi connectivity index (χ4v) is 3.80. The standard InChI is InChI=1S/C24H21ClFN3O2/c25-19-7-3-9-21(15-19)27-23(30)18-6-2-10-22(14-18)29-12-4-11-28(24(29)31)16-17-5-1-8-20(26)13-17/h1-3,5-10,13-15H,4,11-12,16H2,(H,27,30). The molecular weight excluding hydrogens is 417 g/mol. The summed E-state index contributed by atoms with van der Waals surface area (Å²) in [5.74, 6) is -0.609. The van der Waals surface area contributed by atoms with E-state index in [1.807, 2.05) is 0 Å². The lowest BCUT2D eigenvalue weighted by atomic mass is 10.1. The van der Waals surface area contributed by atoms with Gasteiger partial charge in [0, 0.05) is 41.6 Å². The van der Waals surface area contributed by atoms with Crippen molar-refractivity contribution in [3.05, 3.63) is 94.8 Å². The maximum atomic E-state index is 13.5. The molecule has 4 rings (SSSR count). The predicted molar refractivity (Wildman–Crippen MR) is 120 cm³/mol. The first-order chi connectivity index (χ1) is 15.0. The van der Waals surface area contributed by atoms with E-state index in [1.54, 1.807) is 70.5 Å². The molecule has 0 aromatic heterocycles. The highest BCUT2D eigenvalue weighted by Crippen LogP contribution is 2.24. The highest BCUT2D eigenvalue weighted by atomic mass is 35.5. The van der Waals surface area contributed by atoms with Crippen LogP contribution < -0.4 is 10.2 Å². The van der Waals surface area contributed by atoms with Crippen molar-refractivity contribution in [3.8, 4) is 0 Å². The largest absolute Gasteiger partial charge is 0.324 e. The number of hydrogen-bond acceptors (Lipinski definition) is 2. The van der Waals surface area contributed by atoms with Crippen LogP contribution >= 0.6 is 11.6 Å². The number of nitrogens with one attached hydrogen (secondary N) is 1. The first kappa shape index (κ1) is 20.9. The zero-order chi connectivity index (χ0) is 21.8. The van der Waals surface area contributed by atoms with Gasteiger partial charge in [0.2, 0.25) is 0 Å². The Balaban J connectivity index is 1.49. The summed E-state index contributed by atoms with van der Waals surface area (Å²) in [5.41, 5.74) is 2.42. The van der Waals surface area contributed by atoms with Crippen LogP contribution in [0.4, 0.5) is 20.6 Å². The van der Waals surface area contributed by atoms with Gasteiger partial charge in [-0.1, -0.05) is 35.9 Å². The quantitative estimate of drug-likeness (QED) is 0.567. The van der Waals surface area contributed by atoms with Crippen molar-refractivity contribution in [1.82, 2.24) is 4.90 Å². The zero-order valence-corrected chi connectivity index (χ0v) is 17.5. The van der Waals surface area contributed by atoms with E-state index in [-0.39, 0.29) is 17.8 Å². The van der Waals surface area contributed by atoms with Crippen molar-refractivity contribution >= 4 is 34.9 Å². The van der Waals surface area contributed by atoms with E-state index in [0.717, 1.165) is 12.0 Å². The second-order valence-electron chi connectivity index (χ2n) is 7.35. The lowest BCUT2D eigenvalue weighted by Crippen LogP contribution is -2.49. The molecule has 0 bridgehead atoms. The van der Waals surface area contributed by atoms with E-state index >= 15 is 0 Å². The number of anilines is 2. The Bertz CT molecular complexity index is 1120. The minimum Gasteiger partial charge on any atom is -0.322 e. The van der Waals surface area contributed by atoms with Gasteiger partial charge in [0.25, 0.3) is 5.91 Å². The van der Waals surface area contributed by atoms with Gasteiger partial charge in [0.05, 0.1) is 0 Å². The number of benzene rings is 3. The van der Waals surface area contributed by atoms with E-state index in [0.29, 0.717) is 41.6 Å². The molecule has 5 nitrogen and oxygen atoms in total. The molecule has 0 aliphatic carbocycles. The van der Waals surface area contributed by atoms with Crippen LogP contribution in [0.25, 0.3) is 0 Å². The van der Waals surface area contributed by atoms with Crippen molar-refractivity contribution in [2.24, 2.45) is 0 Å². The summed E-state index contributed by atoms with van der Waals surface area (Å²) < 4.78 is 13.5. The lowest BCUT2D eigenvalue weighted by molar-refractivity contribution is 0.102. The van der Waals surface area contributed by atoms with Crippen LogP contribution in [0.3, 0.4) is 0 Å². The van der Waals surface area contributed by atoms with Crippen LogP contribution in [0.2, 0.25) is 5.02 Å². The van der Waals surface area contributed by atoms with E-state index in [1.165, 1.54) is 12.1 Å². The molecule has 1 fully saturated rings. The summed E-state index contributed by atoms with van der Waals surface area (Å²) in [7, 11) is 0. The average Bonchev–Trinajstić information content (AvgIpc) is 2.75. The topological polar surface area (TPSA) is 52.7 Å². The molecule has 7 heteroatoms. The molecule has 0 radical (unpaired) electrons. The normalized spacial score (nSPS) is 13.9. The van der Waals surface area contributed by atoms with Gasteiger partial charge in [-0.3, -0.25) is 9.69 Å². The number of amides is 3. The Morgan fingerprint density at radius 2 is 1.81 bits per heavy atom. The summed E-state index contributed by atoms with van der Waals surface area (Å²) in [5, 5.41) is 3.35. The lowest BCUT2D eigenvalue weighted by Gasteiger charge is -2.35. The van der Waals surface area contributed by atoms with Crippen molar-refractivity contribution in [1.29, 1.82) is 0 Å². The summed E-state index contributed by atoms with van der Waals surface area (Å²) in [6.45, 7) is 1.49. The van der Waals surface area contributed by atoms with Crippen LogP contribution in [0.15, 0.2) is 72.8 Å². The summed E-state index contributed by atoms with van der Waals surface area (Å²) in [4.78, 5) is 29.1. The SMILES string of the molecule is O=C(Nc1cccc(Cl)c1)c1cccc(N2CCCN(Cc3cccc(F)c3)C2=O)c1. The molecule has 1 saturated heterocycles. The van der Waals surface area contributed by atoms with Crippen molar-refractivity contribution < 1.29 is 14.0 Å². The van der Waals surface area contributed by atoms with Gasteiger partial charge >= 0.3 is 6.03 Å². The van der Waals surface area contributed by atoms with Crippen LogP contribution in [0, 0.1) is 5.82 Å². The first-order valence-corrected chi connectivity index (χ1v) is 10.4. The van der Waals surface area contributed by atoms with Crippen LogP contribution in [-0.2, 0) is 6.54 Å². The molecule has 1 heterocycles. The second-order valence-corrected chi connectivity index (χ2v) is 7.79. The minimum absolute atomic E-state index is 0.164. The van der Waals surface area contributed by atoms with Gasteiger partial charge in [-0.05, 0) is 60.5 Å². The van der Waals surface area contributed by atoms with Crippen LogP contribution in [-0.4, -0.2) is 29.9 Å². The van der Waals surface area contributed by atoms with Crippen LogP contribution in [0.1, 0.15) is 22.3 Å². The maximum Gasteiger partial charge on any atom is 0.324 e. The third-order valence-corrected chi connectivity index (χ3v) is 5.31. The Labute approximate surface area is 185 Å². The number of halogens is 2. The molecule has 0 unspecified atom stereocenters. The number of rotatable bonds is 5. The molecule has 1 aliphatic heterocycles. The summed E-state index contributed by atoms with van der Waals surface area (Å²) in [6.07, 6.45) is 0.778. The highest BCUT2D eigenvalue weighted by Gasteiger charge is 2.27. The Hall–Kier alpha value is -3.38. The second kappa shape index (κ2) is 9.18. The van der Waals surface area contributed by atoms with E-state index in [2.05, 4.69) is 5.32 Å². The fourth-order valence-electron chi connectivity index (χ4n) is 3.61. The molecule has 3 amide bonds. The average molecular weight is 438 g/mol. The number of carbonyl (C=O) groups excluding carboxylic acids is 2. The van der Waals surface area contributed by atoms with E-state index in [4.69, 9.17) is 11.6 Å². The van der Waals surface area contributed by atoms with Gasteiger partial charge in [0.15, 0.2) is 0 Å². The van der Waals surface area contributed by atoms with Gasteiger partial charge in [-0.15, -0.1) is 0 Å². The Morgan fingerprint density at radius 1 is 1.00 bits per heavy atom. The number of nitrogens with zero attached hydrogens (tertiary/aromatic N) is 2. The zero-order valence-electron chi connectivity index (χ0n) is 16.7. The third-order valence-electron chi connectivity index (χ3n) is 5.08. The fraction of sp³-hybridized carbons (Fsp3) is 0.167. The maximum absolute atomic E-state index is 13.5. The van der Waals surface area contributed by atoms with E-state index < -0.39 is 0 Å². The number of urea groups is 1. The van der Waals surface area contributed by atoms with Crippen molar-refractivity contribution in [3.63, 3.8) is 0 Å². The molecule has 31 heavy (non-hydrogen) atoms. The van der Waals surface area contributed by atoms with E-state index in [9.17, 15) is 14.0 Å². The van der Waals surface area contributed by atoms with Crippen molar-refractivity contribution in [2.45, 2.75) is 13.0 Å². The molecular formula is C24H21ClFN3O2. The molecule has 3 aromatic carbocycles. The highest BCUT2D eigenvalue weighted by molar-refractivity contribution is 6.31. The summed E-state index contributed by atoms with van der Waals surface area (Å²) in [6, 6.07) is 20.0.